The van der Waals surface area contributed by atoms with Gasteiger partial charge in [0, 0.05) is 32.6 Å². The van der Waals surface area contributed by atoms with Crippen molar-refractivity contribution >= 4 is 30.7 Å². The van der Waals surface area contributed by atoms with Gasteiger partial charge in [-0.3, -0.25) is 4.79 Å². The minimum Gasteiger partial charge on any atom is -0.346 e. The molecule has 18 heavy (non-hydrogen) atoms. The molecular formula is C12H27Cl2N3O. The molecular weight excluding hydrogens is 273 g/mol. The number of nitrogens with zero attached hydrogens (tertiary/aromatic N) is 2. The van der Waals surface area contributed by atoms with Crippen LogP contribution in [-0.4, -0.2) is 55.5 Å². The summed E-state index contributed by atoms with van der Waals surface area (Å²) in [7, 11) is 4.06. The summed E-state index contributed by atoms with van der Waals surface area (Å²) >= 11 is 0. The number of amides is 1. The van der Waals surface area contributed by atoms with E-state index in [4.69, 9.17) is 5.73 Å². The lowest BCUT2D eigenvalue weighted by Gasteiger charge is -2.33. The molecule has 110 valence electrons. The van der Waals surface area contributed by atoms with Crippen LogP contribution >= 0.6 is 24.8 Å². The Morgan fingerprint density at radius 3 is 2.61 bits per heavy atom. The number of carbonyl (C=O) groups excluding carboxylic acids is 1. The molecule has 1 aliphatic heterocycles. The molecule has 1 atom stereocenters. The van der Waals surface area contributed by atoms with Gasteiger partial charge in [-0.25, -0.2) is 0 Å². The number of hydrogen-bond acceptors (Lipinski definition) is 3. The second-order valence-electron chi connectivity index (χ2n) is 4.77. The molecule has 0 aromatic rings. The minimum atomic E-state index is 0. The van der Waals surface area contributed by atoms with Crippen LogP contribution in [0.5, 0.6) is 0 Å². The molecule has 1 unspecified atom stereocenters. The van der Waals surface area contributed by atoms with Crippen molar-refractivity contribution in [2.75, 3.05) is 33.7 Å². The smallest absolute Gasteiger partial charge is 0.223 e. The Bertz CT molecular complexity index is 229. The van der Waals surface area contributed by atoms with E-state index in [2.05, 4.69) is 11.9 Å². The van der Waals surface area contributed by atoms with E-state index in [-0.39, 0.29) is 30.7 Å². The van der Waals surface area contributed by atoms with Crippen molar-refractivity contribution in [3.8, 4) is 0 Å². The first kappa shape index (κ1) is 20.3. The van der Waals surface area contributed by atoms with Gasteiger partial charge < -0.3 is 15.5 Å². The second kappa shape index (κ2) is 10.9. The van der Waals surface area contributed by atoms with E-state index in [1.54, 1.807) is 0 Å². The topological polar surface area (TPSA) is 49.6 Å². The average molecular weight is 300 g/mol. The Hall–Kier alpha value is -0.0300. The zero-order chi connectivity index (χ0) is 12.0. The maximum absolute atomic E-state index is 11.5. The quantitative estimate of drug-likeness (QED) is 0.837. The lowest BCUT2D eigenvalue weighted by Crippen LogP contribution is -2.39. The molecule has 0 aromatic carbocycles. The molecule has 1 heterocycles. The average Bonchev–Trinajstić information content (AvgIpc) is 2.28. The Kier molecular flexibility index (Phi) is 12.2. The molecule has 0 aliphatic carbocycles. The number of piperidine rings is 1. The third-order valence-corrected chi connectivity index (χ3v) is 3.50. The van der Waals surface area contributed by atoms with Crippen LogP contribution in [0.1, 0.15) is 32.1 Å². The van der Waals surface area contributed by atoms with Gasteiger partial charge in [-0.05, 0) is 32.9 Å². The van der Waals surface area contributed by atoms with E-state index in [0.29, 0.717) is 19.0 Å². The molecule has 0 saturated carbocycles. The number of halogens is 2. The lowest BCUT2D eigenvalue weighted by molar-refractivity contribution is -0.129. The van der Waals surface area contributed by atoms with Crippen LogP contribution in [-0.2, 0) is 4.79 Å². The van der Waals surface area contributed by atoms with Gasteiger partial charge in [-0.1, -0.05) is 6.42 Å². The molecule has 1 fully saturated rings. The van der Waals surface area contributed by atoms with Gasteiger partial charge in [-0.2, -0.15) is 0 Å². The van der Waals surface area contributed by atoms with E-state index < -0.39 is 0 Å². The summed E-state index contributed by atoms with van der Waals surface area (Å²) in [6.45, 7) is 2.51. The van der Waals surface area contributed by atoms with Crippen molar-refractivity contribution in [3.63, 3.8) is 0 Å². The van der Waals surface area contributed by atoms with Gasteiger partial charge in [-0.15, -0.1) is 24.8 Å². The van der Waals surface area contributed by atoms with Crippen LogP contribution in [0.25, 0.3) is 0 Å². The molecule has 6 heteroatoms. The van der Waals surface area contributed by atoms with E-state index in [1.807, 2.05) is 11.9 Å². The van der Waals surface area contributed by atoms with Crippen LogP contribution in [0.4, 0.5) is 0 Å². The van der Waals surface area contributed by atoms with Crippen molar-refractivity contribution in [1.82, 2.24) is 9.80 Å². The first-order chi connectivity index (χ1) is 7.65. The third kappa shape index (κ3) is 6.78. The van der Waals surface area contributed by atoms with Gasteiger partial charge in [0.1, 0.15) is 0 Å². The van der Waals surface area contributed by atoms with Gasteiger partial charge in [0.15, 0.2) is 0 Å². The Labute approximate surface area is 123 Å². The van der Waals surface area contributed by atoms with Crippen LogP contribution in [0.2, 0.25) is 0 Å². The Morgan fingerprint density at radius 1 is 1.39 bits per heavy atom. The van der Waals surface area contributed by atoms with Crippen molar-refractivity contribution in [1.29, 1.82) is 0 Å². The van der Waals surface area contributed by atoms with Crippen LogP contribution in [0.3, 0.4) is 0 Å². The molecule has 0 radical (unpaired) electrons. The van der Waals surface area contributed by atoms with Gasteiger partial charge in [0.25, 0.3) is 0 Å². The Balaban J connectivity index is 0. The van der Waals surface area contributed by atoms with E-state index >= 15 is 0 Å². The highest BCUT2D eigenvalue weighted by Crippen LogP contribution is 2.17. The van der Waals surface area contributed by atoms with Gasteiger partial charge in [0.05, 0.1) is 0 Å². The van der Waals surface area contributed by atoms with Crippen molar-refractivity contribution < 1.29 is 4.79 Å². The highest BCUT2D eigenvalue weighted by molar-refractivity contribution is 5.85. The van der Waals surface area contributed by atoms with Crippen molar-refractivity contribution in [2.24, 2.45) is 5.73 Å². The molecule has 0 aromatic heterocycles. The third-order valence-electron chi connectivity index (χ3n) is 3.50. The van der Waals surface area contributed by atoms with Crippen molar-refractivity contribution in [3.05, 3.63) is 0 Å². The van der Waals surface area contributed by atoms with Crippen LogP contribution in [0, 0.1) is 0 Å². The fourth-order valence-electron chi connectivity index (χ4n) is 2.29. The largest absolute Gasteiger partial charge is 0.346 e. The summed E-state index contributed by atoms with van der Waals surface area (Å²) in [5, 5.41) is 0. The molecule has 1 rings (SSSR count). The molecule has 1 amide bonds. The lowest BCUT2D eigenvalue weighted by atomic mass is 10.00. The standard InChI is InChI=1S/C12H25N3O.2ClH/c1-14-9-4-3-5-11(14)7-10-15(2)12(16)6-8-13;;/h11H,3-10,13H2,1-2H3;2*1H. The Morgan fingerprint density at radius 2 is 2.06 bits per heavy atom. The summed E-state index contributed by atoms with van der Waals surface area (Å²) in [4.78, 5) is 15.8. The SMILES string of the molecule is CN(CCC1CCCCN1C)C(=O)CCN.Cl.Cl. The normalized spacial score (nSPS) is 19.6. The highest BCUT2D eigenvalue weighted by atomic mass is 35.5. The van der Waals surface area contributed by atoms with Gasteiger partial charge in [0.2, 0.25) is 5.91 Å². The first-order valence-electron chi connectivity index (χ1n) is 6.29. The summed E-state index contributed by atoms with van der Waals surface area (Å²) in [5.74, 6) is 0.168. The van der Waals surface area contributed by atoms with Crippen LogP contribution in [0.15, 0.2) is 0 Å². The predicted molar refractivity (Wildman–Crippen MR) is 80.7 cm³/mol. The summed E-state index contributed by atoms with van der Waals surface area (Å²) in [6.07, 6.45) is 5.47. The maximum atomic E-state index is 11.5. The van der Waals surface area contributed by atoms with Crippen molar-refractivity contribution in [2.45, 2.75) is 38.1 Å². The number of nitrogens with two attached hydrogens (primary N) is 1. The molecule has 0 bridgehead atoms. The predicted octanol–water partition coefficient (Wildman–Crippen LogP) is 1.51. The fourth-order valence-corrected chi connectivity index (χ4v) is 2.29. The fraction of sp³-hybridized carbons (Fsp3) is 0.917. The van der Waals surface area contributed by atoms with Gasteiger partial charge >= 0.3 is 0 Å². The minimum absolute atomic E-state index is 0. The zero-order valence-electron chi connectivity index (χ0n) is 11.4. The number of likely N-dealkylation sites (tertiary alicyclic amines) is 1. The maximum Gasteiger partial charge on any atom is 0.223 e. The van der Waals surface area contributed by atoms with Crippen LogP contribution < -0.4 is 5.73 Å². The summed E-state index contributed by atoms with van der Waals surface area (Å²) in [6, 6.07) is 0.655. The zero-order valence-corrected chi connectivity index (χ0v) is 13.1. The second-order valence-corrected chi connectivity index (χ2v) is 4.77. The molecule has 2 N–H and O–H groups in total. The van der Waals surface area contributed by atoms with E-state index in [9.17, 15) is 4.79 Å². The molecule has 1 saturated heterocycles. The monoisotopic (exact) mass is 299 g/mol. The summed E-state index contributed by atoms with van der Waals surface area (Å²) in [5.41, 5.74) is 5.37. The first-order valence-corrected chi connectivity index (χ1v) is 6.29. The highest BCUT2D eigenvalue weighted by Gasteiger charge is 2.19. The van der Waals surface area contributed by atoms with E-state index in [0.717, 1.165) is 13.0 Å². The number of hydrogen-bond donors (Lipinski definition) is 1. The molecule has 1 aliphatic rings. The molecule has 4 nitrogen and oxygen atoms in total. The van der Waals surface area contributed by atoms with E-state index in [1.165, 1.54) is 25.8 Å². The number of rotatable bonds is 5. The molecule has 0 spiro atoms. The summed E-state index contributed by atoms with van der Waals surface area (Å²) < 4.78 is 0. The number of carbonyl (C=O) groups is 1.